The Labute approximate surface area is 163 Å². The number of hydrogen-bond acceptors (Lipinski definition) is 6. The highest BCUT2D eigenvalue weighted by molar-refractivity contribution is 5.91. The Kier molecular flexibility index (Phi) is 5.01. The summed E-state index contributed by atoms with van der Waals surface area (Å²) in [6.07, 6.45) is 1.79. The predicted molar refractivity (Wildman–Crippen MR) is 112 cm³/mol. The molecule has 28 heavy (non-hydrogen) atoms. The lowest BCUT2D eigenvalue weighted by atomic mass is 10.2. The van der Waals surface area contributed by atoms with Gasteiger partial charge in [-0.1, -0.05) is 30.3 Å². The predicted octanol–water partition coefficient (Wildman–Crippen LogP) is 4.70. The molecule has 0 aliphatic carbocycles. The van der Waals surface area contributed by atoms with Crippen LogP contribution in [0.4, 0.5) is 17.5 Å². The molecule has 4 rings (SSSR count). The first-order chi connectivity index (χ1) is 13.7. The normalized spacial score (nSPS) is 10.6. The molecule has 0 atom stereocenters. The van der Waals surface area contributed by atoms with E-state index in [2.05, 4.69) is 25.6 Å². The van der Waals surface area contributed by atoms with Gasteiger partial charge in [0, 0.05) is 29.9 Å². The maximum Gasteiger partial charge on any atom is 0.225 e. The number of fused-ring (bicyclic) bond motifs is 1. The van der Waals surface area contributed by atoms with Gasteiger partial charge in [0.25, 0.3) is 0 Å². The number of aryl methyl sites for hydroxylation is 1. The first-order valence-electron chi connectivity index (χ1n) is 9.04. The van der Waals surface area contributed by atoms with Gasteiger partial charge in [-0.15, -0.1) is 0 Å². The van der Waals surface area contributed by atoms with Crippen molar-refractivity contribution < 1.29 is 4.74 Å². The van der Waals surface area contributed by atoms with Gasteiger partial charge in [-0.05, 0) is 36.8 Å². The van der Waals surface area contributed by atoms with Crippen LogP contribution in [-0.4, -0.2) is 22.1 Å². The molecule has 0 aliphatic rings. The van der Waals surface area contributed by atoms with Crippen LogP contribution in [0.5, 0.6) is 5.75 Å². The van der Waals surface area contributed by atoms with Crippen molar-refractivity contribution in [1.29, 1.82) is 0 Å². The molecule has 6 heteroatoms. The van der Waals surface area contributed by atoms with Crippen molar-refractivity contribution in [2.75, 3.05) is 17.7 Å². The third-order valence-corrected chi connectivity index (χ3v) is 4.36. The molecule has 140 valence electrons. The smallest absolute Gasteiger partial charge is 0.225 e. The van der Waals surface area contributed by atoms with Crippen molar-refractivity contribution in [3.8, 4) is 5.75 Å². The zero-order valence-electron chi connectivity index (χ0n) is 15.8. The standard InChI is InChI=1S/C22H21N5O/c1-15-13-20(26-19-7-3-5-17-6-4-12-23-21(17)19)27-22(25-15)24-14-16-8-10-18(28-2)11-9-16/h3-13H,14H2,1-2H3,(H2,24,25,26,27). The Morgan fingerprint density at radius 1 is 0.964 bits per heavy atom. The Hall–Kier alpha value is -3.67. The maximum atomic E-state index is 5.19. The van der Waals surface area contributed by atoms with Gasteiger partial charge in [0.05, 0.1) is 18.3 Å². The van der Waals surface area contributed by atoms with E-state index in [4.69, 9.17) is 4.74 Å². The molecule has 4 aromatic rings. The largest absolute Gasteiger partial charge is 0.497 e. The Bertz CT molecular complexity index is 1090. The molecule has 0 saturated carbocycles. The topological polar surface area (TPSA) is 72.0 Å². The number of ether oxygens (including phenoxy) is 1. The fraction of sp³-hybridized carbons (Fsp3) is 0.136. The van der Waals surface area contributed by atoms with Gasteiger partial charge in [-0.2, -0.15) is 4.98 Å². The van der Waals surface area contributed by atoms with Gasteiger partial charge in [0.2, 0.25) is 5.95 Å². The second kappa shape index (κ2) is 7.92. The number of hydrogen-bond donors (Lipinski definition) is 2. The number of benzene rings is 2. The van der Waals surface area contributed by atoms with E-state index >= 15 is 0 Å². The van der Waals surface area contributed by atoms with E-state index in [1.807, 2.05) is 67.6 Å². The van der Waals surface area contributed by atoms with Gasteiger partial charge >= 0.3 is 0 Å². The van der Waals surface area contributed by atoms with E-state index < -0.39 is 0 Å². The van der Waals surface area contributed by atoms with Gasteiger partial charge < -0.3 is 15.4 Å². The van der Waals surface area contributed by atoms with E-state index in [1.54, 1.807) is 13.3 Å². The van der Waals surface area contributed by atoms with Crippen LogP contribution in [0.2, 0.25) is 0 Å². The van der Waals surface area contributed by atoms with Crippen LogP contribution in [0.25, 0.3) is 10.9 Å². The summed E-state index contributed by atoms with van der Waals surface area (Å²) >= 11 is 0. The molecule has 2 N–H and O–H groups in total. The number of anilines is 3. The first kappa shape index (κ1) is 17.7. The summed E-state index contributed by atoms with van der Waals surface area (Å²) in [6, 6.07) is 19.8. The molecule has 2 heterocycles. The van der Waals surface area contributed by atoms with E-state index in [1.165, 1.54) is 0 Å². The molecule has 0 unspecified atom stereocenters. The summed E-state index contributed by atoms with van der Waals surface area (Å²) in [4.78, 5) is 13.6. The van der Waals surface area contributed by atoms with Crippen LogP contribution >= 0.6 is 0 Å². The second-order valence-corrected chi connectivity index (χ2v) is 6.43. The second-order valence-electron chi connectivity index (χ2n) is 6.43. The van der Waals surface area contributed by atoms with E-state index in [0.717, 1.165) is 39.4 Å². The summed E-state index contributed by atoms with van der Waals surface area (Å²) in [5.74, 6) is 2.14. The average Bonchev–Trinajstić information content (AvgIpc) is 2.72. The number of methoxy groups -OCH3 is 1. The van der Waals surface area contributed by atoms with Crippen LogP contribution in [0.3, 0.4) is 0 Å². The van der Waals surface area contributed by atoms with Crippen LogP contribution in [0, 0.1) is 6.92 Å². The zero-order valence-corrected chi connectivity index (χ0v) is 15.8. The van der Waals surface area contributed by atoms with Gasteiger partial charge in [-0.3, -0.25) is 4.98 Å². The van der Waals surface area contributed by atoms with Gasteiger partial charge in [0.1, 0.15) is 11.6 Å². The highest BCUT2D eigenvalue weighted by Gasteiger charge is 2.06. The lowest BCUT2D eigenvalue weighted by Crippen LogP contribution is -2.06. The lowest BCUT2D eigenvalue weighted by Gasteiger charge is -2.11. The van der Waals surface area contributed by atoms with Crippen molar-refractivity contribution in [1.82, 2.24) is 15.0 Å². The maximum absolute atomic E-state index is 5.19. The molecule has 0 aliphatic heterocycles. The van der Waals surface area contributed by atoms with E-state index in [-0.39, 0.29) is 0 Å². The number of nitrogens with zero attached hydrogens (tertiary/aromatic N) is 3. The van der Waals surface area contributed by atoms with Crippen molar-refractivity contribution >= 4 is 28.4 Å². The monoisotopic (exact) mass is 371 g/mol. The molecule has 0 spiro atoms. The highest BCUT2D eigenvalue weighted by Crippen LogP contribution is 2.24. The SMILES string of the molecule is COc1ccc(CNc2nc(C)cc(Nc3cccc4cccnc34)n2)cc1. The van der Waals surface area contributed by atoms with Crippen LogP contribution in [0.15, 0.2) is 66.9 Å². The van der Waals surface area contributed by atoms with Gasteiger partial charge in [-0.25, -0.2) is 4.98 Å². The Balaban J connectivity index is 1.53. The fourth-order valence-electron chi connectivity index (χ4n) is 2.98. The molecule has 0 amide bonds. The summed E-state index contributed by atoms with van der Waals surface area (Å²) < 4.78 is 5.19. The Morgan fingerprint density at radius 2 is 1.79 bits per heavy atom. The molecule has 0 bridgehead atoms. The third-order valence-electron chi connectivity index (χ3n) is 4.36. The Morgan fingerprint density at radius 3 is 2.61 bits per heavy atom. The molecule has 2 aromatic heterocycles. The van der Waals surface area contributed by atoms with Crippen LogP contribution in [0.1, 0.15) is 11.3 Å². The molecule has 0 fully saturated rings. The molecule has 0 saturated heterocycles. The van der Waals surface area contributed by atoms with E-state index in [0.29, 0.717) is 12.5 Å². The minimum Gasteiger partial charge on any atom is -0.497 e. The van der Waals surface area contributed by atoms with Crippen molar-refractivity contribution in [3.05, 3.63) is 78.1 Å². The summed E-state index contributed by atoms with van der Waals surface area (Å²) in [5, 5.41) is 7.73. The summed E-state index contributed by atoms with van der Waals surface area (Å²) in [6.45, 7) is 2.58. The lowest BCUT2D eigenvalue weighted by molar-refractivity contribution is 0.414. The van der Waals surface area contributed by atoms with Crippen molar-refractivity contribution in [3.63, 3.8) is 0 Å². The number of pyridine rings is 1. The number of aromatic nitrogens is 3. The quantitative estimate of drug-likeness (QED) is 0.512. The highest BCUT2D eigenvalue weighted by atomic mass is 16.5. The number of rotatable bonds is 6. The summed E-state index contributed by atoms with van der Waals surface area (Å²) in [7, 11) is 1.66. The first-order valence-corrected chi connectivity index (χ1v) is 9.04. The minimum atomic E-state index is 0.575. The van der Waals surface area contributed by atoms with E-state index in [9.17, 15) is 0 Å². The average molecular weight is 371 g/mol. The third kappa shape index (κ3) is 4.01. The molecule has 0 radical (unpaired) electrons. The summed E-state index contributed by atoms with van der Waals surface area (Å²) in [5.41, 5.74) is 3.83. The van der Waals surface area contributed by atoms with Crippen LogP contribution < -0.4 is 15.4 Å². The van der Waals surface area contributed by atoms with Crippen molar-refractivity contribution in [2.24, 2.45) is 0 Å². The number of para-hydroxylation sites is 1. The molecular weight excluding hydrogens is 350 g/mol. The van der Waals surface area contributed by atoms with Crippen LogP contribution in [-0.2, 0) is 6.54 Å². The minimum absolute atomic E-state index is 0.575. The molecule has 2 aromatic carbocycles. The molecule has 6 nitrogen and oxygen atoms in total. The van der Waals surface area contributed by atoms with Crippen molar-refractivity contribution in [2.45, 2.75) is 13.5 Å². The molecular formula is C22H21N5O. The zero-order chi connectivity index (χ0) is 19.3. The number of nitrogens with one attached hydrogen (secondary N) is 2. The fourth-order valence-corrected chi connectivity index (χ4v) is 2.98. The van der Waals surface area contributed by atoms with Gasteiger partial charge in [0.15, 0.2) is 0 Å².